The van der Waals surface area contributed by atoms with Gasteiger partial charge in [-0.1, -0.05) is 237 Å². The maximum Gasteiger partial charge on any atom is 0.306 e. The van der Waals surface area contributed by atoms with Crippen molar-refractivity contribution < 1.29 is 42.9 Å². The molecule has 2 atom stereocenters. The zero-order chi connectivity index (χ0) is 52.0. The Morgan fingerprint density at radius 2 is 0.761 bits per heavy atom. The molecule has 0 aromatic heterocycles. The number of aliphatic carboxylic acids is 1. The van der Waals surface area contributed by atoms with Crippen LogP contribution in [0.25, 0.3) is 0 Å². The maximum absolute atomic E-state index is 12.8. The van der Waals surface area contributed by atoms with Crippen LogP contribution in [0.5, 0.6) is 0 Å². The highest BCUT2D eigenvalue weighted by atomic mass is 16.7. The zero-order valence-corrected chi connectivity index (χ0v) is 47.4. The molecule has 0 fully saturated rings. The number of carboxylic acids is 1. The van der Waals surface area contributed by atoms with Gasteiger partial charge in [-0.25, -0.2) is 0 Å². The van der Waals surface area contributed by atoms with Gasteiger partial charge in [-0.3, -0.25) is 9.59 Å². The number of quaternary nitrogens is 1. The number of carbonyl (C=O) groups is 3. The van der Waals surface area contributed by atoms with E-state index < -0.39 is 24.3 Å². The van der Waals surface area contributed by atoms with E-state index in [1.165, 1.54) is 193 Å². The predicted molar refractivity (Wildman–Crippen MR) is 297 cm³/mol. The molecule has 0 bridgehead atoms. The first kappa shape index (κ1) is 68.5. The van der Waals surface area contributed by atoms with E-state index in [1.807, 2.05) is 21.1 Å². The molecule has 0 saturated carbocycles. The minimum Gasteiger partial charge on any atom is -0.545 e. The van der Waals surface area contributed by atoms with Crippen LogP contribution in [0.2, 0.25) is 0 Å². The molecule has 0 N–H and O–H groups in total. The Morgan fingerprint density at radius 1 is 0.423 bits per heavy atom. The summed E-state index contributed by atoms with van der Waals surface area (Å²) in [5, 5.41) is 11.8. The Balaban J connectivity index is 4.08. The van der Waals surface area contributed by atoms with Crippen molar-refractivity contribution in [2.24, 2.45) is 0 Å². The van der Waals surface area contributed by atoms with E-state index in [9.17, 15) is 19.5 Å². The Bertz CT molecular complexity index is 1260. The third-order valence-electron chi connectivity index (χ3n) is 13.4. The molecule has 9 heteroatoms. The van der Waals surface area contributed by atoms with Gasteiger partial charge < -0.3 is 33.3 Å². The number of carbonyl (C=O) groups excluding carboxylic acids is 3. The normalized spacial score (nSPS) is 13.0. The van der Waals surface area contributed by atoms with Crippen LogP contribution < -0.4 is 5.11 Å². The fourth-order valence-electron chi connectivity index (χ4n) is 8.68. The lowest BCUT2D eigenvalue weighted by Crippen LogP contribution is -2.44. The Hall–Kier alpha value is -2.49. The van der Waals surface area contributed by atoms with E-state index in [0.717, 1.165) is 57.8 Å². The molecule has 0 spiro atoms. The van der Waals surface area contributed by atoms with Crippen LogP contribution in [0.1, 0.15) is 284 Å². The average molecular weight is 1000 g/mol. The summed E-state index contributed by atoms with van der Waals surface area (Å²) in [6, 6.07) is 0. The number of ether oxygens (including phenoxy) is 4. The van der Waals surface area contributed by atoms with Gasteiger partial charge >= 0.3 is 11.9 Å². The van der Waals surface area contributed by atoms with E-state index in [1.54, 1.807) is 0 Å². The van der Waals surface area contributed by atoms with E-state index in [2.05, 4.69) is 50.3 Å². The van der Waals surface area contributed by atoms with Crippen LogP contribution in [0.15, 0.2) is 36.5 Å². The first-order valence-corrected chi connectivity index (χ1v) is 30.1. The highest BCUT2D eigenvalue weighted by Crippen LogP contribution is 2.17. The van der Waals surface area contributed by atoms with Crippen LogP contribution in [0.3, 0.4) is 0 Å². The maximum atomic E-state index is 12.8. The van der Waals surface area contributed by atoms with Crippen LogP contribution in [0.4, 0.5) is 0 Å². The lowest BCUT2D eigenvalue weighted by atomic mass is 10.0. The molecule has 0 aromatic carbocycles. The van der Waals surface area contributed by atoms with Gasteiger partial charge in [0, 0.05) is 12.8 Å². The second-order valence-electron chi connectivity index (χ2n) is 21.6. The summed E-state index contributed by atoms with van der Waals surface area (Å²) >= 11 is 0. The molecule has 9 nitrogen and oxygen atoms in total. The number of unbranched alkanes of at least 4 members (excludes halogenated alkanes) is 35. The lowest BCUT2D eigenvalue weighted by Gasteiger charge is -2.26. The summed E-state index contributed by atoms with van der Waals surface area (Å²) in [4.78, 5) is 37.2. The molecule has 416 valence electrons. The minimum atomic E-state index is -1.62. The molecule has 0 aliphatic rings. The number of rotatable bonds is 56. The summed E-state index contributed by atoms with van der Waals surface area (Å²) in [6.45, 7) is 4.73. The van der Waals surface area contributed by atoms with Gasteiger partial charge in [0.25, 0.3) is 0 Å². The van der Waals surface area contributed by atoms with E-state index in [4.69, 9.17) is 18.9 Å². The number of allylic oxidation sites excluding steroid dienone is 6. The molecular weight excluding hydrogens is 887 g/mol. The summed E-state index contributed by atoms with van der Waals surface area (Å²) in [5.41, 5.74) is 0. The summed E-state index contributed by atoms with van der Waals surface area (Å²) < 4.78 is 22.7. The summed E-state index contributed by atoms with van der Waals surface area (Å²) in [7, 11) is 5.92. The molecule has 0 aromatic rings. The number of hydrogen-bond acceptors (Lipinski definition) is 8. The first-order valence-electron chi connectivity index (χ1n) is 30.1. The van der Waals surface area contributed by atoms with Crippen LogP contribution in [-0.2, 0) is 33.3 Å². The zero-order valence-electron chi connectivity index (χ0n) is 47.4. The standard InChI is InChI=1S/C62H115NO8/c1-6-8-10-12-14-16-18-20-22-23-24-25-26-27-28-29-30-31-32-33-34-35-36-37-39-40-42-44-46-48-50-52-59(64)69-56-58(57-70-62(61(66)67)68-55-54-63(3,4)5)71-60(65)53-51-49-47-45-43-41-38-21-19-17-15-13-11-9-7-2/h15,17,21,23-24,38,58,62H,6-14,16,18-20,22,25-37,39-57H2,1-5H3/b17-15-,24-23-,38-21-. The molecule has 0 aliphatic heterocycles. The molecule has 2 unspecified atom stereocenters. The van der Waals surface area contributed by atoms with Crippen molar-refractivity contribution in [2.45, 2.75) is 296 Å². The first-order chi connectivity index (χ1) is 34.6. The van der Waals surface area contributed by atoms with E-state index >= 15 is 0 Å². The number of esters is 2. The van der Waals surface area contributed by atoms with Crippen molar-refractivity contribution in [1.29, 1.82) is 0 Å². The Kier molecular flexibility index (Phi) is 51.9. The largest absolute Gasteiger partial charge is 0.545 e. The number of carboxylic acid groups (broad SMARTS) is 1. The molecule has 0 aliphatic carbocycles. The fourth-order valence-corrected chi connectivity index (χ4v) is 8.68. The van der Waals surface area contributed by atoms with Gasteiger partial charge in [0.1, 0.15) is 13.2 Å². The lowest BCUT2D eigenvalue weighted by molar-refractivity contribution is -0.870. The molecule has 0 saturated heterocycles. The van der Waals surface area contributed by atoms with Crippen molar-refractivity contribution >= 4 is 17.9 Å². The summed E-state index contributed by atoms with van der Waals surface area (Å²) in [6.07, 6.45) is 62.1. The average Bonchev–Trinajstić information content (AvgIpc) is 3.34. The highest BCUT2D eigenvalue weighted by Gasteiger charge is 2.22. The predicted octanol–water partition coefficient (Wildman–Crippen LogP) is 16.3. The van der Waals surface area contributed by atoms with Gasteiger partial charge in [-0.2, -0.15) is 0 Å². The third kappa shape index (κ3) is 55.1. The van der Waals surface area contributed by atoms with Gasteiger partial charge in [-0.15, -0.1) is 0 Å². The van der Waals surface area contributed by atoms with Crippen LogP contribution in [-0.4, -0.2) is 82.3 Å². The Morgan fingerprint density at radius 3 is 1.15 bits per heavy atom. The number of nitrogens with zero attached hydrogens (tertiary/aromatic N) is 1. The molecule has 71 heavy (non-hydrogen) atoms. The smallest absolute Gasteiger partial charge is 0.306 e. The third-order valence-corrected chi connectivity index (χ3v) is 13.4. The van der Waals surface area contributed by atoms with Crippen molar-refractivity contribution in [1.82, 2.24) is 0 Å². The second-order valence-corrected chi connectivity index (χ2v) is 21.6. The molecule has 0 radical (unpaired) electrons. The fraction of sp³-hybridized carbons (Fsp3) is 0.855. The van der Waals surface area contributed by atoms with Crippen molar-refractivity contribution in [3.63, 3.8) is 0 Å². The minimum absolute atomic E-state index is 0.146. The second kappa shape index (κ2) is 53.8. The summed E-state index contributed by atoms with van der Waals surface area (Å²) in [5.74, 6) is -2.29. The van der Waals surface area contributed by atoms with E-state index in [0.29, 0.717) is 23.9 Å². The topological polar surface area (TPSA) is 111 Å². The SMILES string of the molecule is CCCCC/C=C\C/C=C\CCCCCCCC(=O)OC(COC(=O)CCCCCCCCCCCCCCCCCCCCC/C=C\CCCCCCCCCC)COC(OCC[N+](C)(C)C)C(=O)[O-]. The van der Waals surface area contributed by atoms with Crippen molar-refractivity contribution in [3.8, 4) is 0 Å². The Labute approximate surface area is 439 Å². The van der Waals surface area contributed by atoms with Crippen LogP contribution >= 0.6 is 0 Å². The van der Waals surface area contributed by atoms with Crippen LogP contribution in [0, 0.1) is 0 Å². The molecule has 0 amide bonds. The van der Waals surface area contributed by atoms with Crippen molar-refractivity contribution in [3.05, 3.63) is 36.5 Å². The molecule has 0 heterocycles. The highest BCUT2D eigenvalue weighted by molar-refractivity contribution is 5.70. The number of hydrogen-bond donors (Lipinski definition) is 0. The molecular formula is C62H115NO8. The quantitative estimate of drug-likeness (QED) is 0.0195. The monoisotopic (exact) mass is 1000 g/mol. The van der Waals surface area contributed by atoms with Gasteiger partial charge in [0.05, 0.1) is 40.3 Å². The van der Waals surface area contributed by atoms with Crippen molar-refractivity contribution in [2.75, 3.05) is 47.5 Å². The number of likely N-dealkylation sites (N-methyl/N-ethyl adjacent to an activating group) is 1. The van der Waals surface area contributed by atoms with E-state index in [-0.39, 0.29) is 32.2 Å². The molecule has 0 rings (SSSR count). The van der Waals surface area contributed by atoms with Gasteiger partial charge in [-0.05, 0) is 70.6 Å². The van der Waals surface area contributed by atoms with Gasteiger partial charge in [0.15, 0.2) is 12.4 Å². The van der Waals surface area contributed by atoms with Gasteiger partial charge in [0.2, 0.25) is 0 Å².